The van der Waals surface area contributed by atoms with Crippen molar-refractivity contribution in [2.75, 3.05) is 11.5 Å². The van der Waals surface area contributed by atoms with Gasteiger partial charge in [-0.05, 0) is 25.1 Å². The van der Waals surface area contributed by atoms with Gasteiger partial charge in [-0.2, -0.15) is 0 Å². The molecule has 16 heavy (non-hydrogen) atoms. The molecule has 7 heteroatoms. The molecule has 0 bridgehead atoms. The Balaban J connectivity index is 2.27. The highest BCUT2D eigenvalue weighted by Gasteiger charge is 2.24. The third-order valence-electron chi connectivity index (χ3n) is 2.77. The highest BCUT2D eigenvalue weighted by atomic mass is 32.2. The molecule has 2 heterocycles. The SMILES string of the molecule is O=c1ccn(C2CCS(=O)(=O)CC2)c(=S)[nH]1. The molecular weight excluding hydrogens is 248 g/mol. The minimum absolute atomic E-state index is 0.0767. The number of H-pyrrole nitrogens is 1. The van der Waals surface area contributed by atoms with Crippen LogP contribution in [0.15, 0.2) is 17.1 Å². The molecule has 0 unspecified atom stereocenters. The Hall–Kier alpha value is -0.950. The first-order chi connectivity index (χ1) is 7.48. The van der Waals surface area contributed by atoms with Crippen molar-refractivity contribution in [3.05, 3.63) is 27.4 Å². The third kappa shape index (κ3) is 2.41. The molecule has 1 aromatic rings. The molecule has 0 aromatic carbocycles. The van der Waals surface area contributed by atoms with Crippen LogP contribution in [0.4, 0.5) is 0 Å². The van der Waals surface area contributed by atoms with Gasteiger partial charge in [0.2, 0.25) is 0 Å². The number of hydrogen-bond acceptors (Lipinski definition) is 4. The van der Waals surface area contributed by atoms with Crippen molar-refractivity contribution in [3.8, 4) is 0 Å². The lowest BCUT2D eigenvalue weighted by Gasteiger charge is -2.24. The zero-order valence-corrected chi connectivity index (χ0v) is 10.2. The van der Waals surface area contributed by atoms with Crippen molar-refractivity contribution < 1.29 is 8.42 Å². The van der Waals surface area contributed by atoms with Crippen LogP contribution in [0.25, 0.3) is 0 Å². The van der Waals surface area contributed by atoms with Gasteiger partial charge in [0.1, 0.15) is 9.84 Å². The fourth-order valence-electron chi connectivity index (χ4n) is 1.87. The maximum atomic E-state index is 11.3. The molecule has 88 valence electrons. The van der Waals surface area contributed by atoms with Crippen LogP contribution in [0.2, 0.25) is 0 Å². The van der Waals surface area contributed by atoms with Crippen LogP contribution in [0, 0.1) is 4.77 Å². The van der Waals surface area contributed by atoms with Crippen molar-refractivity contribution in [2.24, 2.45) is 0 Å². The number of rotatable bonds is 1. The second-order valence-corrected chi connectivity index (χ2v) is 6.59. The molecule has 0 radical (unpaired) electrons. The van der Waals surface area contributed by atoms with Crippen LogP contribution in [0.1, 0.15) is 18.9 Å². The highest BCUT2D eigenvalue weighted by molar-refractivity contribution is 7.91. The first kappa shape index (κ1) is 11.5. The lowest BCUT2D eigenvalue weighted by Crippen LogP contribution is -2.27. The zero-order valence-electron chi connectivity index (χ0n) is 8.55. The van der Waals surface area contributed by atoms with E-state index in [4.69, 9.17) is 12.2 Å². The van der Waals surface area contributed by atoms with E-state index in [2.05, 4.69) is 4.98 Å². The van der Waals surface area contributed by atoms with Gasteiger partial charge in [-0.25, -0.2) is 8.42 Å². The smallest absolute Gasteiger partial charge is 0.251 e. The van der Waals surface area contributed by atoms with Crippen LogP contribution in [0.5, 0.6) is 0 Å². The fourth-order valence-corrected chi connectivity index (χ4v) is 3.65. The molecule has 0 saturated carbocycles. The summed E-state index contributed by atoms with van der Waals surface area (Å²) in [5.74, 6) is 0.386. The molecule has 1 aliphatic heterocycles. The van der Waals surface area contributed by atoms with E-state index in [-0.39, 0.29) is 23.1 Å². The van der Waals surface area contributed by atoms with Gasteiger partial charge in [-0.15, -0.1) is 0 Å². The van der Waals surface area contributed by atoms with Crippen LogP contribution in [0.3, 0.4) is 0 Å². The van der Waals surface area contributed by atoms with E-state index in [1.807, 2.05) is 0 Å². The zero-order chi connectivity index (χ0) is 11.8. The molecule has 2 rings (SSSR count). The monoisotopic (exact) mass is 260 g/mol. The van der Waals surface area contributed by atoms with E-state index >= 15 is 0 Å². The number of aromatic amines is 1. The number of hydrogen-bond donors (Lipinski definition) is 1. The average Bonchev–Trinajstić information content (AvgIpc) is 2.19. The Morgan fingerprint density at radius 3 is 2.56 bits per heavy atom. The van der Waals surface area contributed by atoms with Gasteiger partial charge in [-0.1, -0.05) is 0 Å². The van der Waals surface area contributed by atoms with Crippen molar-refractivity contribution in [1.29, 1.82) is 0 Å². The topological polar surface area (TPSA) is 71.9 Å². The first-order valence-corrected chi connectivity index (χ1v) is 7.23. The van der Waals surface area contributed by atoms with Gasteiger partial charge >= 0.3 is 0 Å². The lowest BCUT2D eigenvalue weighted by molar-refractivity contribution is 0.438. The Morgan fingerprint density at radius 2 is 2.00 bits per heavy atom. The standard InChI is InChI=1S/C9H12N2O3S2/c12-8-1-4-11(9(15)10-8)7-2-5-16(13,14)6-3-7/h1,4,7H,2-3,5-6H2,(H,10,12,15). The largest absolute Gasteiger partial charge is 0.322 e. The summed E-state index contributed by atoms with van der Waals surface area (Å²) in [7, 11) is -2.86. The van der Waals surface area contributed by atoms with Crippen molar-refractivity contribution >= 4 is 22.1 Å². The summed E-state index contributed by atoms with van der Waals surface area (Å²) in [4.78, 5) is 13.5. The number of nitrogens with one attached hydrogen (secondary N) is 1. The Bertz CT molecular complexity index is 586. The maximum Gasteiger partial charge on any atom is 0.251 e. The van der Waals surface area contributed by atoms with Gasteiger partial charge in [0, 0.05) is 18.3 Å². The van der Waals surface area contributed by atoms with Gasteiger partial charge in [0.05, 0.1) is 11.5 Å². The molecule has 1 aliphatic rings. The Morgan fingerprint density at radius 1 is 1.38 bits per heavy atom. The number of aromatic nitrogens is 2. The van der Waals surface area contributed by atoms with Crippen LogP contribution >= 0.6 is 12.2 Å². The minimum Gasteiger partial charge on any atom is -0.322 e. The predicted molar refractivity (Wildman–Crippen MR) is 62.8 cm³/mol. The summed E-state index contributed by atoms with van der Waals surface area (Å²) in [5, 5.41) is 0. The molecule has 0 amide bonds. The van der Waals surface area contributed by atoms with Crippen molar-refractivity contribution in [2.45, 2.75) is 18.9 Å². The van der Waals surface area contributed by atoms with E-state index in [0.29, 0.717) is 17.6 Å². The summed E-state index contributed by atoms with van der Waals surface area (Å²) in [6, 6.07) is 1.48. The molecular formula is C9H12N2O3S2. The van der Waals surface area contributed by atoms with Gasteiger partial charge < -0.3 is 4.57 Å². The summed E-state index contributed by atoms with van der Waals surface area (Å²) >= 11 is 5.04. The van der Waals surface area contributed by atoms with Crippen molar-refractivity contribution in [1.82, 2.24) is 9.55 Å². The molecule has 1 fully saturated rings. The normalized spacial score (nSPS) is 20.8. The summed E-state index contributed by atoms with van der Waals surface area (Å²) in [5.41, 5.74) is -0.232. The Labute approximate surface area is 98.0 Å². The Kier molecular flexibility index (Phi) is 2.98. The third-order valence-corrected chi connectivity index (χ3v) is 4.80. The summed E-state index contributed by atoms with van der Waals surface area (Å²) < 4.78 is 24.7. The average molecular weight is 260 g/mol. The van der Waals surface area contributed by atoms with Gasteiger partial charge in [-0.3, -0.25) is 9.78 Å². The second kappa shape index (κ2) is 4.14. The van der Waals surface area contributed by atoms with Gasteiger partial charge in [0.25, 0.3) is 5.56 Å². The predicted octanol–water partition coefficient (Wildman–Crippen LogP) is 0.656. The number of sulfone groups is 1. The second-order valence-electron chi connectivity index (χ2n) is 3.90. The number of nitrogens with zero attached hydrogens (tertiary/aromatic N) is 1. The highest BCUT2D eigenvalue weighted by Crippen LogP contribution is 2.23. The molecule has 0 aliphatic carbocycles. The van der Waals surface area contributed by atoms with E-state index in [1.54, 1.807) is 10.8 Å². The van der Waals surface area contributed by atoms with E-state index in [1.165, 1.54) is 6.07 Å². The maximum absolute atomic E-state index is 11.3. The molecule has 1 N–H and O–H groups in total. The van der Waals surface area contributed by atoms with Crippen LogP contribution < -0.4 is 5.56 Å². The molecule has 0 atom stereocenters. The first-order valence-electron chi connectivity index (χ1n) is 5.00. The fraction of sp³-hybridized carbons (Fsp3) is 0.556. The minimum atomic E-state index is -2.86. The molecule has 0 spiro atoms. The van der Waals surface area contributed by atoms with E-state index in [0.717, 1.165) is 0 Å². The quantitative estimate of drug-likeness (QED) is 0.753. The molecule has 1 saturated heterocycles. The summed E-state index contributed by atoms with van der Waals surface area (Å²) in [6.07, 6.45) is 2.75. The van der Waals surface area contributed by atoms with Crippen LogP contribution in [-0.2, 0) is 9.84 Å². The molecule has 1 aromatic heterocycles. The van der Waals surface area contributed by atoms with Gasteiger partial charge in [0.15, 0.2) is 4.77 Å². The molecule has 5 nitrogen and oxygen atoms in total. The summed E-state index contributed by atoms with van der Waals surface area (Å²) in [6.45, 7) is 0. The van der Waals surface area contributed by atoms with Crippen molar-refractivity contribution in [3.63, 3.8) is 0 Å². The van der Waals surface area contributed by atoms with E-state index < -0.39 is 9.84 Å². The van der Waals surface area contributed by atoms with Crippen LogP contribution in [-0.4, -0.2) is 29.5 Å². The van der Waals surface area contributed by atoms with E-state index in [9.17, 15) is 13.2 Å². The lowest BCUT2D eigenvalue weighted by atomic mass is 10.1.